The highest BCUT2D eigenvalue weighted by molar-refractivity contribution is 5.74. The van der Waals surface area contributed by atoms with Gasteiger partial charge in [-0.2, -0.15) is 13.2 Å². The highest BCUT2D eigenvalue weighted by Gasteiger charge is 2.37. The maximum absolute atomic E-state index is 12.7. The predicted molar refractivity (Wildman–Crippen MR) is 75.3 cm³/mol. The number of nitrogens with zero attached hydrogens (tertiary/aromatic N) is 1. The van der Waals surface area contributed by atoms with E-state index in [-0.39, 0.29) is 6.54 Å². The molecule has 0 spiro atoms. The minimum Gasteiger partial charge on any atom is -0.381 e. The third kappa shape index (κ3) is 5.22. The van der Waals surface area contributed by atoms with Gasteiger partial charge in [-0.15, -0.1) is 0 Å². The van der Waals surface area contributed by atoms with Gasteiger partial charge in [-0.05, 0) is 18.4 Å². The van der Waals surface area contributed by atoms with Crippen LogP contribution in [-0.2, 0) is 11.3 Å². The zero-order valence-corrected chi connectivity index (χ0v) is 12.1. The third-order valence-electron chi connectivity index (χ3n) is 3.53. The summed E-state index contributed by atoms with van der Waals surface area (Å²) in [6.07, 6.45) is -3.56. The first-order valence-corrected chi connectivity index (χ1v) is 7.18. The van der Waals surface area contributed by atoms with Crippen molar-refractivity contribution >= 4 is 6.03 Å². The lowest BCUT2D eigenvalue weighted by molar-refractivity contribution is -0.146. The molecule has 1 saturated heterocycles. The van der Waals surface area contributed by atoms with E-state index in [0.29, 0.717) is 26.1 Å². The smallest absolute Gasteiger partial charge is 0.381 e. The largest absolute Gasteiger partial charge is 0.406 e. The molecule has 0 saturated carbocycles. The zero-order chi connectivity index (χ0) is 16.0. The number of carbonyl (C=O) groups is 1. The summed E-state index contributed by atoms with van der Waals surface area (Å²) in [7, 11) is 0. The number of benzene rings is 1. The summed E-state index contributed by atoms with van der Waals surface area (Å²) in [4.78, 5) is 13.0. The number of hydrogen-bond donors (Lipinski definition) is 1. The number of amides is 2. The average Bonchev–Trinajstić information content (AvgIpc) is 2.51. The summed E-state index contributed by atoms with van der Waals surface area (Å²) in [5.74, 6) is 0. The van der Waals surface area contributed by atoms with Gasteiger partial charge in [0.1, 0.15) is 6.54 Å². The van der Waals surface area contributed by atoms with Crippen molar-refractivity contribution in [1.29, 1.82) is 0 Å². The van der Waals surface area contributed by atoms with Crippen LogP contribution in [0.15, 0.2) is 30.3 Å². The van der Waals surface area contributed by atoms with Crippen LogP contribution in [0.3, 0.4) is 0 Å². The van der Waals surface area contributed by atoms with Gasteiger partial charge in [0.05, 0.1) is 0 Å². The van der Waals surface area contributed by atoms with E-state index in [4.69, 9.17) is 4.74 Å². The van der Waals surface area contributed by atoms with Crippen LogP contribution < -0.4 is 5.32 Å². The number of rotatable bonds is 4. The van der Waals surface area contributed by atoms with E-state index in [1.165, 1.54) is 0 Å². The van der Waals surface area contributed by atoms with Crippen molar-refractivity contribution in [2.75, 3.05) is 19.8 Å². The molecule has 1 fully saturated rings. The van der Waals surface area contributed by atoms with Crippen LogP contribution in [0, 0.1) is 0 Å². The topological polar surface area (TPSA) is 41.6 Å². The lowest BCUT2D eigenvalue weighted by Crippen LogP contribution is -2.51. The summed E-state index contributed by atoms with van der Waals surface area (Å²) < 4.78 is 43.3. The summed E-state index contributed by atoms with van der Waals surface area (Å²) in [6.45, 7) is -0.272. The van der Waals surface area contributed by atoms with Crippen LogP contribution in [-0.4, -0.2) is 42.9 Å². The van der Waals surface area contributed by atoms with Gasteiger partial charge in [-0.1, -0.05) is 30.3 Å². The molecule has 0 unspecified atom stereocenters. The second-order valence-corrected chi connectivity index (χ2v) is 5.23. The summed E-state index contributed by atoms with van der Waals surface area (Å²) in [5, 5.41) is 2.57. The van der Waals surface area contributed by atoms with E-state index in [0.717, 1.165) is 10.5 Å². The van der Waals surface area contributed by atoms with E-state index in [2.05, 4.69) is 5.32 Å². The SMILES string of the molecule is O=C(NCc1ccccc1)N(CC(F)(F)F)C1CCOCC1. The molecule has 0 aromatic heterocycles. The van der Waals surface area contributed by atoms with E-state index in [1.807, 2.05) is 30.3 Å². The molecule has 1 aliphatic rings. The Bertz CT molecular complexity index is 473. The lowest BCUT2D eigenvalue weighted by atomic mass is 10.1. The standard InChI is InChI=1S/C15H19F3N2O2/c16-15(17,18)11-20(13-6-8-22-9-7-13)14(21)19-10-12-4-2-1-3-5-12/h1-5,13H,6-11H2,(H,19,21). The van der Waals surface area contributed by atoms with Gasteiger partial charge in [0.15, 0.2) is 0 Å². The fraction of sp³-hybridized carbons (Fsp3) is 0.533. The molecular formula is C15H19F3N2O2. The first-order valence-electron chi connectivity index (χ1n) is 7.18. The highest BCUT2D eigenvalue weighted by Crippen LogP contribution is 2.22. The molecule has 1 N–H and O–H groups in total. The maximum Gasteiger partial charge on any atom is 0.406 e. The number of halogens is 3. The van der Waals surface area contributed by atoms with Gasteiger partial charge in [0.2, 0.25) is 0 Å². The molecule has 2 rings (SSSR count). The molecule has 122 valence electrons. The van der Waals surface area contributed by atoms with Crippen molar-refractivity contribution in [2.45, 2.75) is 31.6 Å². The summed E-state index contributed by atoms with van der Waals surface area (Å²) >= 11 is 0. The second-order valence-electron chi connectivity index (χ2n) is 5.23. The first kappa shape index (κ1) is 16.6. The minimum absolute atomic E-state index is 0.206. The maximum atomic E-state index is 12.7. The van der Waals surface area contributed by atoms with E-state index < -0.39 is 24.8 Å². The van der Waals surface area contributed by atoms with Crippen LogP contribution in [0.2, 0.25) is 0 Å². The van der Waals surface area contributed by atoms with Gasteiger partial charge in [-0.3, -0.25) is 0 Å². The molecule has 0 aliphatic carbocycles. The molecule has 7 heteroatoms. The molecular weight excluding hydrogens is 297 g/mol. The Morgan fingerprint density at radius 2 is 1.86 bits per heavy atom. The number of ether oxygens (including phenoxy) is 1. The summed E-state index contributed by atoms with van der Waals surface area (Å²) in [5.41, 5.74) is 0.842. The number of carbonyl (C=O) groups excluding carboxylic acids is 1. The predicted octanol–water partition coefficient (Wildman–Crippen LogP) is 2.94. The van der Waals surface area contributed by atoms with Crippen LogP contribution >= 0.6 is 0 Å². The molecule has 1 aliphatic heterocycles. The van der Waals surface area contributed by atoms with Crippen molar-refractivity contribution in [2.24, 2.45) is 0 Å². The Hall–Kier alpha value is -1.76. The molecule has 2 amide bonds. The normalized spacial score (nSPS) is 16.3. The monoisotopic (exact) mass is 316 g/mol. The number of nitrogens with one attached hydrogen (secondary N) is 1. The molecule has 22 heavy (non-hydrogen) atoms. The number of alkyl halides is 3. The summed E-state index contributed by atoms with van der Waals surface area (Å²) in [6, 6.07) is 7.95. The van der Waals surface area contributed by atoms with Crippen LogP contribution in [0.4, 0.5) is 18.0 Å². The molecule has 1 aromatic carbocycles. The van der Waals surface area contributed by atoms with Crippen LogP contribution in [0.5, 0.6) is 0 Å². The van der Waals surface area contributed by atoms with Gasteiger partial charge >= 0.3 is 12.2 Å². The average molecular weight is 316 g/mol. The molecule has 0 radical (unpaired) electrons. The van der Waals surface area contributed by atoms with Crippen molar-refractivity contribution in [3.8, 4) is 0 Å². The fourth-order valence-electron chi connectivity index (χ4n) is 2.43. The number of urea groups is 1. The van der Waals surface area contributed by atoms with E-state index in [9.17, 15) is 18.0 Å². The molecule has 0 bridgehead atoms. The zero-order valence-electron chi connectivity index (χ0n) is 12.1. The Morgan fingerprint density at radius 3 is 2.45 bits per heavy atom. The first-order chi connectivity index (χ1) is 10.5. The van der Waals surface area contributed by atoms with Crippen LogP contribution in [0.1, 0.15) is 18.4 Å². The molecule has 0 atom stereocenters. The highest BCUT2D eigenvalue weighted by atomic mass is 19.4. The third-order valence-corrected chi connectivity index (χ3v) is 3.53. The van der Waals surface area contributed by atoms with Crippen LogP contribution in [0.25, 0.3) is 0 Å². The van der Waals surface area contributed by atoms with Crippen molar-refractivity contribution in [3.05, 3.63) is 35.9 Å². The minimum atomic E-state index is -4.41. The van der Waals surface area contributed by atoms with Gasteiger partial charge in [-0.25, -0.2) is 4.79 Å². The number of hydrogen-bond acceptors (Lipinski definition) is 2. The quantitative estimate of drug-likeness (QED) is 0.928. The lowest BCUT2D eigenvalue weighted by Gasteiger charge is -2.34. The van der Waals surface area contributed by atoms with E-state index >= 15 is 0 Å². The van der Waals surface area contributed by atoms with Crippen molar-refractivity contribution in [1.82, 2.24) is 10.2 Å². The van der Waals surface area contributed by atoms with E-state index in [1.54, 1.807) is 0 Å². The molecule has 1 heterocycles. The Morgan fingerprint density at radius 1 is 1.23 bits per heavy atom. The molecule has 1 aromatic rings. The van der Waals surface area contributed by atoms with Crippen molar-refractivity contribution < 1.29 is 22.7 Å². The Balaban J connectivity index is 1.98. The fourth-order valence-corrected chi connectivity index (χ4v) is 2.43. The Kier molecular flexibility index (Phi) is 5.65. The Labute approximate surface area is 127 Å². The molecule has 4 nitrogen and oxygen atoms in total. The second kappa shape index (κ2) is 7.49. The van der Waals surface area contributed by atoms with Gasteiger partial charge in [0.25, 0.3) is 0 Å². The van der Waals surface area contributed by atoms with Crippen molar-refractivity contribution in [3.63, 3.8) is 0 Å². The van der Waals surface area contributed by atoms with Gasteiger partial charge in [0, 0.05) is 25.8 Å². The van der Waals surface area contributed by atoms with Gasteiger partial charge < -0.3 is 15.0 Å².